The van der Waals surface area contributed by atoms with Crippen LogP contribution in [0.4, 0.5) is 0 Å². The molecule has 0 bridgehead atoms. The van der Waals surface area contributed by atoms with Gasteiger partial charge >= 0.3 is 0 Å². The van der Waals surface area contributed by atoms with E-state index in [9.17, 15) is 5.11 Å². The topological polar surface area (TPSA) is 29.5 Å². The molecule has 94 valence electrons. The zero-order valence-corrected chi connectivity index (χ0v) is 10.8. The van der Waals surface area contributed by atoms with Gasteiger partial charge in [0.05, 0.1) is 5.02 Å². The van der Waals surface area contributed by atoms with Gasteiger partial charge in [-0.3, -0.25) is 0 Å². The molecule has 0 fully saturated rings. The van der Waals surface area contributed by atoms with Crippen LogP contribution in [0, 0.1) is 0 Å². The van der Waals surface area contributed by atoms with Crippen LogP contribution in [0.25, 0.3) is 10.8 Å². The third-order valence-corrected chi connectivity index (χ3v) is 3.28. The number of aromatic hydroxyl groups is 1. The molecule has 0 unspecified atom stereocenters. The van der Waals surface area contributed by atoms with E-state index in [4.69, 9.17) is 16.3 Å². The molecule has 0 saturated carbocycles. The number of halogens is 1. The van der Waals surface area contributed by atoms with Crippen molar-refractivity contribution in [3.8, 4) is 17.2 Å². The second-order valence-electron chi connectivity index (χ2n) is 4.19. The van der Waals surface area contributed by atoms with E-state index in [0.29, 0.717) is 16.5 Å². The third-order valence-electron chi connectivity index (χ3n) is 2.89. The number of fused-ring (bicyclic) bond motifs is 1. The lowest BCUT2D eigenvalue weighted by atomic mass is 10.1. The second-order valence-corrected chi connectivity index (χ2v) is 4.57. The van der Waals surface area contributed by atoms with Gasteiger partial charge in [0, 0.05) is 5.39 Å². The average molecular weight is 271 g/mol. The molecule has 0 aliphatic carbocycles. The normalized spacial score (nSPS) is 10.6. The highest BCUT2D eigenvalue weighted by Gasteiger charge is 2.07. The number of rotatable bonds is 2. The first kappa shape index (κ1) is 11.9. The van der Waals surface area contributed by atoms with E-state index >= 15 is 0 Å². The molecule has 0 saturated heterocycles. The zero-order valence-electron chi connectivity index (χ0n) is 10.0. The van der Waals surface area contributed by atoms with Crippen molar-refractivity contribution in [3.63, 3.8) is 0 Å². The molecule has 1 N–H and O–H groups in total. The first-order chi connectivity index (χ1) is 9.24. The molecule has 3 aromatic rings. The summed E-state index contributed by atoms with van der Waals surface area (Å²) in [6.07, 6.45) is 0. The maximum atomic E-state index is 9.24. The van der Waals surface area contributed by atoms with Crippen LogP contribution in [0.1, 0.15) is 0 Å². The van der Waals surface area contributed by atoms with Gasteiger partial charge in [-0.25, -0.2) is 0 Å². The summed E-state index contributed by atoms with van der Waals surface area (Å²) in [5.41, 5.74) is 0. The smallest absolute Gasteiger partial charge is 0.146 e. The van der Waals surface area contributed by atoms with Crippen LogP contribution < -0.4 is 4.74 Å². The molecule has 0 aliphatic heterocycles. The van der Waals surface area contributed by atoms with Crippen molar-refractivity contribution < 1.29 is 9.84 Å². The monoisotopic (exact) mass is 270 g/mol. The lowest BCUT2D eigenvalue weighted by Gasteiger charge is -2.09. The van der Waals surface area contributed by atoms with Crippen molar-refractivity contribution in [2.45, 2.75) is 0 Å². The van der Waals surface area contributed by atoms with Crippen molar-refractivity contribution in [2.75, 3.05) is 0 Å². The number of phenolic OH excluding ortho intramolecular Hbond substituents is 1. The van der Waals surface area contributed by atoms with Crippen LogP contribution >= 0.6 is 11.6 Å². The molecule has 0 radical (unpaired) electrons. The Morgan fingerprint density at radius 3 is 2.37 bits per heavy atom. The molecule has 0 spiro atoms. The predicted octanol–water partition coefficient (Wildman–Crippen LogP) is 4.99. The van der Waals surface area contributed by atoms with Gasteiger partial charge in [0.15, 0.2) is 0 Å². The van der Waals surface area contributed by atoms with Crippen LogP contribution in [0.15, 0.2) is 60.7 Å². The summed E-state index contributed by atoms with van der Waals surface area (Å²) >= 11 is 6.35. The van der Waals surface area contributed by atoms with Gasteiger partial charge in [-0.15, -0.1) is 0 Å². The highest BCUT2D eigenvalue weighted by molar-refractivity contribution is 6.37. The van der Waals surface area contributed by atoms with Crippen LogP contribution in [0.5, 0.6) is 17.2 Å². The fraction of sp³-hybridized carbons (Fsp3) is 0. The number of hydrogen-bond acceptors (Lipinski definition) is 2. The van der Waals surface area contributed by atoms with E-state index in [1.54, 1.807) is 24.3 Å². The molecule has 0 atom stereocenters. The summed E-state index contributed by atoms with van der Waals surface area (Å²) in [6, 6.07) is 18.2. The molecule has 0 amide bonds. The minimum absolute atomic E-state index is 0.206. The molecule has 3 rings (SSSR count). The van der Waals surface area contributed by atoms with E-state index in [1.807, 2.05) is 36.4 Å². The van der Waals surface area contributed by atoms with Gasteiger partial charge in [0.25, 0.3) is 0 Å². The number of hydrogen-bond donors (Lipinski definition) is 1. The van der Waals surface area contributed by atoms with E-state index < -0.39 is 0 Å². The quantitative estimate of drug-likeness (QED) is 0.711. The van der Waals surface area contributed by atoms with Gasteiger partial charge in [-0.1, -0.05) is 41.9 Å². The predicted molar refractivity (Wildman–Crippen MR) is 77.1 cm³/mol. The number of phenols is 1. The Morgan fingerprint density at radius 2 is 1.58 bits per heavy atom. The molecule has 0 aliphatic rings. The molecule has 2 nitrogen and oxygen atoms in total. The van der Waals surface area contributed by atoms with E-state index in [-0.39, 0.29) is 5.75 Å². The fourth-order valence-electron chi connectivity index (χ4n) is 1.93. The highest BCUT2D eigenvalue weighted by Crippen LogP contribution is 2.35. The van der Waals surface area contributed by atoms with Crippen molar-refractivity contribution in [2.24, 2.45) is 0 Å². The summed E-state index contributed by atoms with van der Waals surface area (Å²) < 4.78 is 5.73. The van der Waals surface area contributed by atoms with Crippen LogP contribution in [0.3, 0.4) is 0 Å². The molecular weight excluding hydrogens is 260 g/mol. The van der Waals surface area contributed by atoms with Crippen molar-refractivity contribution in [1.29, 1.82) is 0 Å². The average Bonchev–Trinajstić information content (AvgIpc) is 2.45. The number of benzene rings is 3. The fourth-order valence-corrected chi connectivity index (χ4v) is 2.21. The zero-order chi connectivity index (χ0) is 13.2. The Labute approximate surface area is 115 Å². The Balaban J connectivity index is 2.01. The Bertz CT molecular complexity index is 720. The summed E-state index contributed by atoms with van der Waals surface area (Å²) in [7, 11) is 0. The van der Waals surface area contributed by atoms with Gasteiger partial charge in [-0.2, -0.15) is 0 Å². The van der Waals surface area contributed by atoms with Gasteiger partial charge < -0.3 is 9.84 Å². The first-order valence-electron chi connectivity index (χ1n) is 5.88. The van der Waals surface area contributed by atoms with Crippen LogP contribution in [0.2, 0.25) is 5.02 Å². The van der Waals surface area contributed by atoms with E-state index in [1.165, 1.54) is 0 Å². The van der Waals surface area contributed by atoms with Crippen molar-refractivity contribution >= 4 is 22.4 Å². The lowest BCUT2D eigenvalue weighted by Crippen LogP contribution is -1.86. The minimum atomic E-state index is 0.206. The Hall–Kier alpha value is -2.19. The standard InChI is InChI=1S/C16H11ClO2/c17-16-14-4-2-1-3-11(14)5-10-15(16)19-13-8-6-12(18)7-9-13/h1-10,18H. The van der Waals surface area contributed by atoms with Crippen LogP contribution in [-0.2, 0) is 0 Å². The SMILES string of the molecule is Oc1ccc(Oc2ccc3ccccc3c2Cl)cc1. The van der Waals surface area contributed by atoms with Crippen molar-refractivity contribution in [3.05, 3.63) is 65.7 Å². The summed E-state index contributed by atoms with van der Waals surface area (Å²) in [6.45, 7) is 0. The molecule has 19 heavy (non-hydrogen) atoms. The molecular formula is C16H11ClO2. The summed E-state index contributed by atoms with van der Waals surface area (Å²) in [4.78, 5) is 0. The maximum Gasteiger partial charge on any atom is 0.146 e. The highest BCUT2D eigenvalue weighted by atomic mass is 35.5. The molecule has 0 aromatic heterocycles. The lowest BCUT2D eigenvalue weighted by molar-refractivity contribution is 0.464. The molecule has 0 heterocycles. The second kappa shape index (κ2) is 4.82. The summed E-state index contributed by atoms with van der Waals surface area (Å²) in [5.74, 6) is 1.44. The van der Waals surface area contributed by atoms with Gasteiger partial charge in [0.2, 0.25) is 0 Å². The first-order valence-corrected chi connectivity index (χ1v) is 6.26. The minimum Gasteiger partial charge on any atom is -0.508 e. The molecule has 3 heteroatoms. The third kappa shape index (κ3) is 2.35. The van der Waals surface area contributed by atoms with Crippen LogP contribution in [-0.4, -0.2) is 5.11 Å². The summed E-state index contributed by atoms with van der Waals surface area (Å²) in [5, 5.41) is 11.9. The van der Waals surface area contributed by atoms with Gasteiger partial charge in [0.1, 0.15) is 17.2 Å². The number of ether oxygens (including phenoxy) is 1. The van der Waals surface area contributed by atoms with E-state index in [0.717, 1.165) is 10.8 Å². The van der Waals surface area contributed by atoms with Crippen molar-refractivity contribution in [1.82, 2.24) is 0 Å². The maximum absolute atomic E-state index is 9.24. The Morgan fingerprint density at radius 1 is 0.842 bits per heavy atom. The van der Waals surface area contributed by atoms with E-state index in [2.05, 4.69) is 0 Å². The Kier molecular flexibility index (Phi) is 3.02. The largest absolute Gasteiger partial charge is 0.508 e. The molecule has 3 aromatic carbocycles. The van der Waals surface area contributed by atoms with Gasteiger partial charge in [-0.05, 0) is 35.7 Å².